The van der Waals surface area contributed by atoms with E-state index in [1.165, 1.54) is 6.07 Å². The molecule has 0 radical (unpaired) electrons. The molecule has 5 rings (SSSR count). The summed E-state index contributed by atoms with van der Waals surface area (Å²) in [5.74, 6) is -0.304. The largest absolute Gasteiger partial charge is 0.416 e. The van der Waals surface area contributed by atoms with Gasteiger partial charge in [0, 0.05) is 36.1 Å². The van der Waals surface area contributed by atoms with Crippen molar-refractivity contribution in [1.82, 2.24) is 40.5 Å². The Morgan fingerprint density at radius 3 is 2.72 bits per heavy atom. The number of hydrogen-bond acceptors (Lipinski definition) is 6. The van der Waals surface area contributed by atoms with Crippen molar-refractivity contribution in [3.8, 4) is 11.3 Å². The molecule has 200 valence electrons. The first-order valence-electron chi connectivity index (χ1n) is 12.4. The lowest BCUT2D eigenvalue weighted by atomic mass is 10.1. The fourth-order valence-electron chi connectivity index (χ4n) is 4.08. The number of unbranched alkanes of at least 4 members (excludes halogenated alkanes) is 1. The lowest BCUT2D eigenvalue weighted by molar-refractivity contribution is -0.137. The van der Waals surface area contributed by atoms with Gasteiger partial charge in [-0.2, -0.15) is 18.3 Å². The summed E-state index contributed by atoms with van der Waals surface area (Å²) in [6, 6.07) is 12.6. The predicted molar refractivity (Wildman–Crippen MR) is 137 cm³/mol. The number of amides is 1. The van der Waals surface area contributed by atoms with Crippen LogP contribution in [0.5, 0.6) is 0 Å². The fraction of sp³-hybridized carbons (Fsp3) is 0.259. The predicted octanol–water partition coefficient (Wildman–Crippen LogP) is 4.89. The van der Waals surface area contributed by atoms with Crippen LogP contribution in [0.4, 0.5) is 13.2 Å². The molecule has 4 heterocycles. The molecule has 0 spiro atoms. The van der Waals surface area contributed by atoms with Crippen molar-refractivity contribution >= 4 is 16.9 Å². The van der Waals surface area contributed by atoms with Gasteiger partial charge in [0.15, 0.2) is 11.3 Å². The zero-order valence-electron chi connectivity index (χ0n) is 21.0. The number of nitrogens with zero attached hydrogens (tertiary/aromatic N) is 6. The third kappa shape index (κ3) is 6.46. The van der Waals surface area contributed by atoms with Gasteiger partial charge >= 0.3 is 6.18 Å². The van der Waals surface area contributed by atoms with Crippen molar-refractivity contribution in [3.05, 3.63) is 89.1 Å². The number of carbonyl (C=O) groups is 1. The maximum absolute atomic E-state index is 13.1. The van der Waals surface area contributed by atoms with Crippen LogP contribution < -0.4 is 5.32 Å². The minimum Gasteiger partial charge on any atom is -0.346 e. The molecule has 2 N–H and O–H groups in total. The number of aryl methyl sites for hydroxylation is 3. The van der Waals surface area contributed by atoms with Gasteiger partial charge in [-0.3, -0.25) is 14.5 Å². The zero-order chi connectivity index (χ0) is 27.4. The van der Waals surface area contributed by atoms with E-state index in [4.69, 9.17) is 0 Å². The molecular weight excluding hydrogens is 509 g/mol. The number of alkyl halides is 3. The average molecular weight is 535 g/mol. The molecule has 0 aliphatic rings. The second-order valence-corrected chi connectivity index (χ2v) is 9.22. The third-order valence-corrected chi connectivity index (χ3v) is 6.19. The molecule has 0 saturated heterocycles. The first-order chi connectivity index (χ1) is 18.7. The average Bonchev–Trinajstić information content (AvgIpc) is 3.57. The van der Waals surface area contributed by atoms with Gasteiger partial charge in [-0.25, -0.2) is 0 Å². The number of nitrogens with one attached hydrogen (secondary N) is 2. The molecule has 0 unspecified atom stereocenters. The molecule has 9 nitrogen and oxygen atoms in total. The monoisotopic (exact) mass is 534 g/mol. The highest BCUT2D eigenvalue weighted by Crippen LogP contribution is 2.32. The van der Waals surface area contributed by atoms with E-state index >= 15 is 0 Å². The Kier molecular flexibility index (Phi) is 7.35. The molecule has 0 fully saturated rings. The molecule has 0 saturated carbocycles. The second-order valence-electron chi connectivity index (χ2n) is 9.22. The van der Waals surface area contributed by atoms with Crippen LogP contribution in [0.15, 0.2) is 60.9 Å². The number of H-pyrrole nitrogens is 1. The Balaban J connectivity index is 1.12. The van der Waals surface area contributed by atoms with E-state index in [0.717, 1.165) is 47.3 Å². The molecule has 1 aromatic carbocycles. The van der Waals surface area contributed by atoms with E-state index in [9.17, 15) is 18.0 Å². The van der Waals surface area contributed by atoms with E-state index < -0.39 is 11.7 Å². The molecule has 5 aromatic rings. The number of aromatic nitrogens is 7. The Hall–Kier alpha value is -4.61. The molecule has 0 bridgehead atoms. The highest BCUT2D eigenvalue weighted by Gasteiger charge is 2.30. The van der Waals surface area contributed by atoms with Crippen LogP contribution in [0.25, 0.3) is 22.3 Å². The van der Waals surface area contributed by atoms with Crippen molar-refractivity contribution in [2.75, 3.05) is 0 Å². The molecule has 0 atom stereocenters. The Morgan fingerprint density at radius 2 is 1.92 bits per heavy atom. The quantitative estimate of drug-likeness (QED) is 0.260. The van der Waals surface area contributed by atoms with Crippen LogP contribution in [-0.4, -0.2) is 41.1 Å². The molecule has 39 heavy (non-hydrogen) atoms. The van der Waals surface area contributed by atoms with Crippen LogP contribution in [-0.2, 0) is 25.7 Å². The highest BCUT2D eigenvalue weighted by atomic mass is 19.4. The maximum Gasteiger partial charge on any atom is 0.416 e. The van der Waals surface area contributed by atoms with Gasteiger partial charge in [0.1, 0.15) is 0 Å². The number of hydrogen-bond donors (Lipinski definition) is 2. The Morgan fingerprint density at radius 1 is 1.05 bits per heavy atom. The Bertz CT molecular complexity index is 1590. The number of aromatic amines is 1. The SMILES string of the molecule is Cc1ccc(CNC(=O)c2cn(CCCCc3cc4cc(-c5cccc(C(F)(F)F)c5)[nH]c4nn3)nn2)cn1. The van der Waals surface area contributed by atoms with Crippen LogP contribution in [0.1, 0.15) is 45.8 Å². The smallest absolute Gasteiger partial charge is 0.346 e. The summed E-state index contributed by atoms with van der Waals surface area (Å²) in [5.41, 5.74) is 3.62. The van der Waals surface area contributed by atoms with Gasteiger partial charge in [-0.15, -0.1) is 10.2 Å². The van der Waals surface area contributed by atoms with Crippen molar-refractivity contribution in [1.29, 1.82) is 0 Å². The Labute approximate surface area is 221 Å². The number of fused-ring (bicyclic) bond motifs is 1. The molecule has 12 heteroatoms. The van der Waals surface area contributed by atoms with E-state index in [1.807, 2.05) is 25.1 Å². The number of pyridine rings is 1. The van der Waals surface area contributed by atoms with Crippen molar-refractivity contribution in [3.63, 3.8) is 0 Å². The summed E-state index contributed by atoms with van der Waals surface area (Å²) < 4.78 is 40.8. The van der Waals surface area contributed by atoms with Gasteiger partial charge in [-0.05, 0) is 67.6 Å². The molecular formula is C27H25F3N8O. The molecule has 0 aliphatic carbocycles. The van der Waals surface area contributed by atoms with Gasteiger partial charge in [0.2, 0.25) is 0 Å². The van der Waals surface area contributed by atoms with Crippen LogP contribution in [0.3, 0.4) is 0 Å². The molecule has 1 amide bonds. The number of rotatable bonds is 9. The zero-order valence-corrected chi connectivity index (χ0v) is 21.0. The van der Waals surface area contributed by atoms with Gasteiger partial charge in [0.05, 0.1) is 17.5 Å². The molecule has 4 aromatic heterocycles. The summed E-state index contributed by atoms with van der Waals surface area (Å²) >= 11 is 0. The number of halogens is 3. The van der Waals surface area contributed by atoms with Crippen LogP contribution >= 0.6 is 0 Å². The van der Waals surface area contributed by atoms with Crippen LogP contribution in [0.2, 0.25) is 0 Å². The number of carbonyl (C=O) groups excluding carboxylic acids is 1. The lowest BCUT2D eigenvalue weighted by Gasteiger charge is -2.07. The van der Waals surface area contributed by atoms with Gasteiger partial charge < -0.3 is 10.3 Å². The second kappa shape index (κ2) is 11.0. The fourth-order valence-corrected chi connectivity index (χ4v) is 4.08. The van der Waals surface area contributed by atoms with E-state index in [2.05, 4.69) is 35.8 Å². The normalized spacial score (nSPS) is 11.7. The minimum atomic E-state index is -4.41. The molecule has 0 aliphatic heterocycles. The van der Waals surface area contributed by atoms with E-state index in [0.29, 0.717) is 36.4 Å². The first-order valence-corrected chi connectivity index (χ1v) is 12.4. The summed E-state index contributed by atoms with van der Waals surface area (Å²) in [7, 11) is 0. The maximum atomic E-state index is 13.1. The third-order valence-electron chi connectivity index (χ3n) is 6.19. The standard InChI is InChI=1S/C27H25F3N8O/c1-17-8-9-18(14-31-17)15-32-26(39)24-16-38(37-35-24)10-3-2-7-22-12-20-13-23(33-25(20)36-34-22)19-5-4-6-21(11-19)27(28,29)30/h4-6,8-9,11-14,16H,2-3,7,10,15H2,1H3,(H,32,39)(H,33,36). The summed E-state index contributed by atoms with van der Waals surface area (Å²) in [4.78, 5) is 19.6. The van der Waals surface area contributed by atoms with E-state index in [-0.39, 0.29) is 11.6 Å². The summed E-state index contributed by atoms with van der Waals surface area (Å²) in [6.45, 7) is 2.84. The summed E-state index contributed by atoms with van der Waals surface area (Å²) in [5, 5.41) is 20.0. The lowest BCUT2D eigenvalue weighted by Crippen LogP contribution is -2.23. The first kappa shape index (κ1) is 26.0. The van der Waals surface area contributed by atoms with Crippen molar-refractivity contribution in [2.24, 2.45) is 0 Å². The van der Waals surface area contributed by atoms with E-state index in [1.54, 1.807) is 29.2 Å². The number of benzene rings is 1. The van der Waals surface area contributed by atoms with Crippen molar-refractivity contribution in [2.45, 2.75) is 45.5 Å². The highest BCUT2D eigenvalue weighted by molar-refractivity contribution is 5.91. The van der Waals surface area contributed by atoms with Gasteiger partial charge in [-0.1, -0.05) is 23.4 Å². The van der Waals surface area contributed by atoms with Crippen molar-refractivity contribution < 1.29 is 18.0 Å². The van der Waals surface area contributed by atoms with Gasteiger partial charge in [0.25, 0.3) is 5.91 Å². The summed E-state index contributed by atoms with van der Waals surface area (Å²) in [6.07, 6.45) is 1.17. The topological polar surface area (TPSA) is 114 Å². The minimum absolute atomic E-state index is 0.246. The van der Waals surface area contributed by atoms with Crippen LogP contribution in [0, 0.1) is 6.92 Å².